The Morgan fingerprint density at radius 2 is 2.06 bits per heavy atom. The normalized spacial score (nSPS) is 26.8. The molecule has 6 atom stereocenters. The van der Waals surface area contributed by atoms with Crippen molar-refractivity contribution < 1.29 is 42.2 Å². The van der Waals surface area contributed by atoms with Crippen LogP contribution in [0.4, 0.5) is 9.18 Å². The summed E-state index contributed by atoms with van der Waals surface area (Å²) in [5.41, 5.74) is 0. The molecule has 2 heterocycles. The molecule has 0 bridgehead atoms. The van der Waals surface area contributed by atoms with Crippen LogP contribution in [0, 0.1) is 5.92 Å². The van der Waals surface area contributed by atoms with E-state index in [4.69, 9.17) is 18.5 Å². The average molecular weight is 515 g/mol. The SMILES string of the molecule is CC(C)OC(=O)C(C)NP(=O)(OCC1OC(N2C=CCNC2=O)C(O)C1CF)Oc1ccccc1. The maximum atomic E-state index is 13.8. The lowest BCUT2D eigenvalue weighted by molar-refractivity contribution is -0.149. The van der Waals surface area contributed by atoms with E-state index in [9.17, 15) is 23.7 Å². The molecule has 0 spiro atoms. The standard InChI is InChI=1S/C22H31FN3O8P/c1-14(2)32-21(28)15(3)25-35(30,34-16-8-5-4-6-9-16)31-13-18-17(12-23)19(27)20(33-18)26-11-7-10-24-22(26)29/h4-9,11,14-15,17-20,27H,10,12-13H2,1-3H3,(H,24,29)(H,25,30). The lowest BCUT2D eigenvalue weighted by atomic mass is 10.00. The number of hydrogen-bond donors (Lipinski definition) is 3. The number of nitrogens with zero attached hydrogens (tertiary/aromatic N) is 1. The van der Waals surface area contributed by atoms with Gasteiger partial charge in [0.1, 0.15) is 17.9 Å². The smallest absolute Gasteiger partial charge is 0.459 e. The molecule has 6 unspecified atom stereocenters. The summed E-state index contributed by atoms with van der Waals surface area (Å²) in [6.45, 7) is 3.68. The van der Waals surface area contributed by atoms with Gasteiger partial charge in [-0.1, -0.05) is 18.2 Å². The number of carbonyl (C=O) groups excluding carboxylic acids is 2. The maximum Gasteiger partial charge on any atom is 0.459 e. The van der Waals surface area contributed by atoms with Crippen molar-refractivity contribution in [3.63, 3.8) is 0 Å². The maximum absolute atomic E-state index is 13.8. The summed E-state index contributed by atoms with van der Waals surface area (Å²) in [4.78, 5) is 25.5. The highest BCUT2D eigenvalue weighted by Crippen LogP contribution is 2.46. The number of aliphatic hydroxyl groups is 1. The van der Waals surface area contributed by atoms with Crippen LogP contribution in [-0.4, -0.2) is 72.4 Å². The number of benzene rings is 1. The van der Waals surface area contributed by atoms with Gasteiger partial charge in [0.15, 0.2) is 6.23 Å². The summed E-state index contributed by atoms with van der Waals surface area (Å²) in [5, 5.41) is 15.7. The molecule has 0 aromatic heterocycles. The third-order valence-electron chi connectivity index (χ3n) is 5.28. The van der Waals surface area contributed by atoms with E-state index in [-0.39, 0.29) is 5.75 Å². The average Bonchev–Trinajstić information content (AvgIpc) is 3.13. The van der Waals surface area contributed by atoms with Crippen LogP contribution in [0.1, 0.15) is 20.8 Å². The minimum absolute atomic E-state index is 0.204. The largest absolute Gasteiger partial charge is 0.462 e. The minimum atomic E-state index is -4.21. The monoisotopic (exact) mass is 515 g/mol. The summed E-state index contributed by atoms with van der Waals surface area (Å²) >= 11 is 0. The highest BCUT2D eigenvalue weighted by atomic mass is 31.2. The van der Waals surface area contributed by atoms with Gasteiger partial charge in [-0.05, 0) is 39.0 Å². The van der Waals surface area contributed by atoms with E-state index in [1.165, 1.54) is 13.1 Å². The van der Waals surface area contributed by atoms with Crippen LogP contribution in [0.25, 0.3) is 0 Å². The zero-order valence-corrected chi connectivity index (χ0v) is 20.6. The van der Waals surface area contributed by atoms with Crippen molar-refractivity contribution in [2.45, 2.75) is 51.4 Å². The van der Waals surface area contributed by atoms with Gasteiger partial charge in [-0.25, -0.2) is 9.36 Å². The summed E-state index contributed by atoms with van der Waals surface area (Å²) < 4.78 is 49.4. The summed E-state index contributed by atoms with van der Waals surface area (Å²) in [6, 6.07) is 6.58. The van der Waals surface area contributed by atoms with E-state index in [0.717, 1.165) is 4.90 Å². The highest BCUT2D eigenvalue weighted by Gasteiger charge is 2.48. The molecule has 2 aliphatic heterocycles. The molecule has 194 valence electrons. The number of aliphatic hydroxyl groups excluding tert-OH is 1. The molecule has 2 aliphatic rings. The number of alkyl halides is 1. The van der Waals surface area contributed by atoms with Gasteiger partial charge in [-0.2, -0.15) is 5.09 Å². The second-order valence-corrected chi connectivity index (χ2v) is 10.1. The summed E-state index contributed by atoms with van der Waals surface area (Å²) in [7, 11) is -4.21. The number of para-hydroxylation sites is 1. The zero-order chi connectivity index (χ0) is 25.6. The number of ether oxygens (including phenoxy) is 2. The number of urea groups is 1. The van der Waals surface area contributed by atoms with Crippen LogP contribution in [0.2, 0.25) is 0 Å². The third-order valence-corrected chi connectivity index (χ3v) is 6.93. The number of esters is 1. The predicted molar refractivity (Wildman–Crippen MR) is 123 cm³/mol. The van der Waals surface area contributed by atoms with E-state index in [0.29, 0.717) is 6.54 Å². The van der Waals surface area contributed by atoms with E-state index >= 15 is 0 Å². The molecule has 13 heteroatoms. The van der Waals surface area contributed by atoms with E-state index in [1.54, 1.807) is 50.3 Å². The summed E-state index contributed by atoms with van der Waals surface area (Å²) in [6.07, 6.45) is -0.880. The molecule has 3 N–H and O–H groups in total. The molecule has 2 amide bonds. The molecular weight excluding hydrogens is 484 g/mol. The molecule has 11 nitrogen and oxygen atoms in total. The molecule has 0 saturated carbocycles. The lowest BCUT2D eigenvalue weighted by Gasteiger charge is -2.29. The van der Waals surface area contributed by atoms with Crippen molar-refractivity contribution >= 4 is 19.7 Å². The lowest BCUT2D eigenvalue weighted by Crippen LogP contribution is -2.49. The quantitative estimate of drug-likeness (QED) is 0.300. The first-order valence-corrected chi connectivity index (χ1v) is 12.8. The zero-order valence-electron chi connectivity index (χ0n) is 19.7. The van der Waals surface area contributed by atoms with Crippen LogP contribution in [-0.2, 0) is 23.4 Å². The van der Waals surface area contributed by atoms with Gasteiger partial charge in [0.25, 0.3) is 0 Å². The van der Waals surface area contributed by atoms with Crippen LogP contribution >= 0.6 is 7.75 Å². The van der Waals surface area contributed by atoms with Gasteiger partial charge in [-0.3, -0.25) is 18.6 Å². The van der Waals surface area contributed by atoms with Crippen molar-refractivity contribution in [2.75, 3.05) is 19.8 Å². The number of rotatable bonds is 11. The molecule has 1 aromatic rings. The van der Waals surface area contributed by atoms with Gasteiger partial charge >= 0.3 is 19.7 Å². The van der Waals surface area contributed by atoms with Crippen LogP contribution in [0.3, 0.4) is 0 Å². The Morgan fingerprint density at radius 1 is 1.34 bits per heavy atom. The number of carbonyl (C=O) groups is 2. The molecule has 1 aromatic carbocycles. The van der Waals surface area contributed by atoms with Crippen molar-refractivity contribution in [3.8, 4) is 5.75 Å². The molecule has 0 radical (unpaired) electrons. The topological polar surface area (TPSA) is 136 Å². The fraction of sp³-hybridized carbons (Fsp3) is 0.545. The second-order valence-electron chi connectivity index (χ2n) is 8.39. The van der Waals surface area contributed by atoms with Crippen molar-refractivity contribution in [3.05, 3.63) is 42.6 Å². The van der Waals surface area contributed by atoms with E-state index < -0.39 is 69.5 Å². The second kappa shape index (κ2) is 12.0. The third kappa shape index (κ3) is 7.02. The van der Waals surface area contributed by atoms with E-state index in [2.05, 4.69) is 10.4 Å². The van der Waals surface area contributed by atoms with Crippen LogP contribution in [0.15, 0.2) is 42.6 Å². The summed E-state index contributed by atoms with van der Waals surface area (Å²) in [5.74, 6) is -1.52. The van der Waals surface area contributed by atoms with Gasteiger partial charge in [0.2, 0.25) is 0 Å². The number of amides is 2. The Balaban J connectivity index is 1.74. The van der Waals surface area contributed by atoms with Crippen molar-refractivity contribution in [1.29, 1.82) is 0 Å². The van der Waals surface area contributed by atoms with Gasteiger partial charge in [0, 0.05) is 18.7 Å². The van der Waals surface area contributed by atoms with Gasteiger partial charge in [0.05, 0.1) is 25.5 Å². The Morgan fingerprint density at radius 3 is 2.69 bits per heavy atom. The Hall–Kier alpha value is -2.50. The van der Waals surface area contributed by atoms with Gasteiger partial charge < -0.3 is 24.4 Å². The molecular formula is C22H31FN3O8P. The number of halogens is 1. The fourth-order valence-electron chi connectivity index (χ4n) is 3.55. The Bertz CT molecular complexity index is 950. The van der Waals surface area contributed by atoms with Crippen LogP contribution in [0.5, 0.6) is 5.75 Å². The first-order valence-electron chi connectivity index (χ1n) is 11.2. The first kappa shape index (κ1) is 27.1. The molecule has 1 fully saturated rings. The van der Waals surface area contributed by atoms with Crippen molar-refractivity contribution in [1.82, 2.24) is 15.3 Å². The predicted octanol–water partition coefficient (Wildman–Crippen LogP) is 2.33. The molecule has 1 saturated heterocycles. The Kier molecular flexibility index (Phi) is 9.26. The van der Waals surface area contributed by atoms with Crippen LogP contribution < -0.4 is 14.9 Å². The molecule has 3 rings (SSSR count). The van der Waals surface area contributed by atoms with E-state index in [1.807, 2.05) is 0 Å². The Labute approximate surface area is 203 Å². The fourth-order valence-corrected chi connectivity index (χ4v) is 5.06. The number of hydrogen-bond acceptors (Lipinski definition) is 8. The first-order chi connectivity index (χ1) is 16.6. The van der Waals surface area contributed by atoms with Crippen molar-refractivity contribution in [2.24, 2.45) is 5.92 Å². The minimum Gasteiger partial charge on any atom is -0.462 e. The highest BCUT2D eigenvalue weighted by molar-refractivity contribution is 7.52. The molecule has 0 aliphatic carbocycles. The molecule has 35 heavy (non-hydrogen) atoms. The van der Waals surface area contributed by atoms with Gasteiger partial charge in [-0.15, -0.1) is 0 Å². The number of nitrogens with one attached hydrogen (secondary N) is 2.